The Bertz CT molecular complexity index is 811. The fourth-order valence-electron chi connectivity index (χ4n) is 2.88. The third-order valence-corrected chi connectivity index (χ3v) is 5.23. The second kappa shape index (κ2) is 6.61. The molecule has 0 bridgehead atoms. The number of amides is 1. The number of carbonyl (C=O) groups is 1. The molecule has 24 heavy (non-hydrogen) atoms. The lowest BCUT2D eigenvalue weighted by Gasteiger charge is -2.03. The van der Waals surface area contributed by atoms with Gasteiger partial charge in [-0.2, -0.15) is 0 Å². The van der Waals surface area contributed by atoms with Crippen LogP contribution in [-0.2, 0) is 11.2 Å². The maximum atomic E-state index is 12.2. The number of hydrogen-bond acceptors (Lipinski definition) is 4. The molecule has 1 aliphatic rings. The van der Waals surface area contributed by atoms with Crippen molar-refractivity contribution in [2.24, 2.45) is 5.92 Å². The third-order valence-electron chi connectivity index (χ3n) is 4.29. The highest BCUT2D eigenvalue weighted by molar-refractivity contribution is 7.13. The van der Waals surface area contributed by atoms with Crippen molar-refractivity contribution in [3.05, 3.63) is 65.6 Å². The minimum Gasteiger partial charge on any atom is -0.469 e. The summed E-state index contributed by atoms with van der Waals surface area (Å²) in [5, 5.41) is 6.11. The van der Waals surface area contributed by atoms with E-state index in [4.69, 9.17) is 4.42 Å². The van der Waals surface area contributed by atoms with Crippen LogP contribution in [0, 0.1) is 5.92 Å². The molecule has 0 radical (unpaired) electrons. The summed E-state index contributed by atoms with van der Waals surface area (Å²) in [6.45, 7) is 0.623. The summed E-state index contributed by atoms with van der Waals surface area (Å²) in [6.07, 6.45) is 3.30. The highest BCUT2D eigenvalue weighted by Crippen LogP contribution is 2.47. The summed E-state index contributed by atoms with van der Waals surface area (Å²) in [5.41, 5.74) is 2.16. The van der Waals surface area contributed by atoms with Crippen molar-refractivity contribution in [2.45, 2.75) is 18.8 Å². The van der Waals surface area contributed by atoms with Gasteiger partial charge in [-0.15, -0.1) is 11.3 Å². The number of thiazole rings is 1. The summed E-state index contributed by atoms with van der Waals surface area (Å²) < 4.78 is 5.37. The van der Waals surface area contributed by atoms with Gasteiger partial charge in [-0.25, -0.2) is 4.98 Å². The minimum absolute atomic E-state index is 0.0615. The number of carbonyl (C=O) groups excluding carboxylic acids is 1. The molecule has 5 heteroatoms. The SMILES string of the molecule is O=C(NCCc1csc(-c2ccccc2)n1)[C@@H]1C[C@H]1c1ccco1. The largest absolute Gasteiger partial charge is 0.469 e. The van der Waals surface area contributed by atoms with Crippen LogP contribution in [0.3, 0.4) is 0 Å². The van der Waals surface area contributed by atoms with Gasteiger partial charge in [-0.05, 0) is 18.6 Å². The second-order valence-corrected chi connectivity index (χ2v) is 6.87. The normalized spacial score (nSPS) is 19.2. The Kier molecular flexibility index (Phi) is 4.17. The molecule has 1 N–H and O–H groups in total. The first-order valence-corrected chi connectivity index (χ1v) is 9.00. The zero-order valence-corrected chi connectivity index (χ0v) is 14.0. The Hall–Kier alpha value is -2.40. The lowest BCUT2D eigenvalue weighted by Crippen LogP contribution is -2.27. The number of rotatable bonds is 6. The lowest BCUT2D eigenvalue weighted by molar-refractivity contribution is -0.122. The van der Waals surface area contributed by atoms with Crippen LogP contribution in [0.15, 0.2) is 58.5 Å². The zero-order valence-electron chi connectivity index (χ0n) is 13.1. The lowest BCUT2D eigenvalue weighted by atomic mass is 10.2. The molecule has 0 spiro atoms. The molecule has 1 amide bonds. The first-order chi connectivity index (χ1) is 11.8. The van der Waals surface area contributed by atoms with Gasteiger partial charge in [-0.1, -0.05) is 30.3 Å². The van der Waals surface area contributed by atoms with Crippen molar-refractivity contribution in [3.8, 4) is 10.6 Å². The Labute approximate surface area is 144 Å². The van der Waals surface area contributed by atoms with Gasteiger partial charge in [-0.3, -0.25) is 4.79 Å². The molecule has 1 saturated carbocycles. The minimum atomic E-state index is 0.0615. The molecule has 122 valence electrons. The summed E-state index contributed by atoms with van der Waals surface area (Å²) in [6, 6.07) is 14.0. The quantitative estimate of drug-likeness (QED) is 0.742. The molecule has 0 saturated heterocycles. The smallest absolute Gasteiger partial charge is 0.223 e. The summed E-state index contributed by atoms with van der Waals surface area (Å²) >= 11 is 1.64. The molecular formula is C19H18N2O2S. The number of benzene rings is 1. The van der Waals surface area contributed by atoms with Gasteiger partial charge in [0.15, 0.2) is 0 Å². The van der Waals surface area contributed by atoms with Crippen LogP contribution in [0.1, 0.15) is 23.8 Å². The van der Waals surface area contributed by atoms with Crippen molar-refractivity contribution in [1.82, 2.24) is 10.3 Å². The topological polar surface area (TPSA) is 55.1 Å². The maximum absolute atomic E-state index is 12.2. The average molecular weight is 338 g/mol. The van der Waals surface area contributed by atoms with E-state index >= 15 is 0 Å². The predicted molar refractivity (Wildman–Crippen MR) is 93.8 cm³/mol. The molecule has 4 rings (SSSR count). The van der Waals surface area contributed by atoms with Crippen LogP contribution in [0.25, 0.3) is 10.6 Å². The Morgan fingerprint density at radius 2 is 2.12 bits per heavy atom. The Balaban J connectivity index is 1.26. The van der Waals surface area contributed by atoms with Crippen molar-refractivity contribution in [2.75, 3.05) is 6.54 Å². The molecule has 4 nitrogen and oxygen atoms in total. The number of aromatic nitrogens is 1. The van der Waals surface area contributed by atoms with Gasteiger partial charge in [0.1, 0.15) is 10.8 Å². The molecule has 2 atom stereocenters. The molecule has 1 aliphatic carbocycles. The van der Waals surface area contributed by atoms with E-state index in [0.29, 0.717) is 6.54 Å². The first kappa shape index (κ1) is 15.1. The maximum Gasteiger partial charge on any atom is 0.223 e. The fourth-order valence-corrected chi connectivity index (χ4v) is 3.74. The van der Waals surface area contributed by atoms with Crippen LogP contribution in [0.5, 0.6) is 0 Å². The van der Waals surface area contributed by atoms with Crippen LogP contribution >= 0.6 is 11.3 Å². The standard InChI is InChI=1S/C19H18N2O2S/c22-18(16-11-15(16)17-7-4-10-23-17)20-9-8-14-12-24-19(21-14)13-5-2-1-3-6-13/h1-7,10,12,15-16H,8-9,11H2,(H,20,22)/t15-,16-/m1/s1. The highest BCUT2D eigenvalue weighted by atomic mass is 32.1. The highest BCUT2D eigenvalue weighted by Gasteiger charge is 2.45. The van der Waals surface area contributed by atoms with E-state index in [9.17, 15) is 4.79 Å². The zero-order chi connectivity index (χ0) is 16.4. The van der Waals surface area contributed by atoms with Gasteiger partial charge in [0.2, 0.25) is 5.91 Å². The molecule has 0 unspecified atom stereocenters. The molecular weight excluding hydrogens is 320 g/mol. The number of hydrogen-bond donors (Lipinski definition) is 1. The van der Waals surface area contributed by atoms with Crippen LogP contribution in [0.4, 0.5) is 0 Å². The molecule has 3 aromatic rings. The molecule has 1 fully saturated rings. The fraction of sp³-hybridized carbons (Fsp3) is 0.263. The number of nitrogens with zero attached hydrogens (tertiary/aromatic N) is 1. The second-order valence-electron chi connectivity index (χ2n) is 6.02. The molecule has 0 aliphatic heterocycles. The predicted octanol–water partition coefficient (Wildman–Crippen LogP) is 3.87. The Morgan fingerprint density at radius 3 is 2.92 bits per heavy atom. The van der Waals surface area contributed by atoms with E-state index in [2.05, 4.69) is 27.8 Å². The summed E-state index contributed by atoms with van der Waals surface area (Å²) in [4.78, 5) is 16.8. The van der Waals surface area contributed by atoms with E-state index in [1.807, 2.05) is 30.3 Å². The molecule has 2 heterocycles. The van der Waals surface area contributed by atoms with Crippen LogP contribution < -0.4 is 5.32 Å². The van der Waals surface area contributed by atoms with E-state index in [1.54, 1.807) is 17.6 Å². The van der Waals surface area contributed by atoms with Gasteiger partial charge in [0.25, 0.3) is 0 Å². The van der Waals surface area contributed by atoms with Crippen LogP contribution in [0.2, 0.25) is 0 Å². The monoisotopic (exact) mass is 338 g/mol. The summed E-state index contributed by atoms with van der Waals surface area (Å²) in [5.74, 6) is 1.35. The molecule has 2 aromatic heterocycles. The third kappa shape index (κ3) is 3.26. The van der Waals surface area contributed by atoms with Crippen LogP contribution in [-0.4, -0.2) is 17.4 Å². The van der Waals surface area contributed by atoms with E-state index in [1.165, 1.54) is 0 Å². The van der Waals surface area contributed by atoms with Crippen molar-refractivity contribution in [1.29, 1.82) is 0 Å². The first-order valence-electron chi connectivity index (χ1n) is 8.12. The van der Waals surface area contributed by atoms with E-state index in [0.717, 1.165) is 34.9 Å². The van der Waals surface area contributed by atoms with Gasteiger partial charge < -0.3 is 9.73 Å². The van der Waals surface area contributed by atoms with Gasteiger partial charge in [0, 0.05) is 35.7 Å². The van der Waals surface area contributed by atoms with Gasteiger partial charge in [0.05, 0.1) is 12.0 Å². The van der Waals surface area contributed by atoms with Gasteiger partial charge >= 0.3 is 0 Å². The van der Waals surface area contributed by atoms with Crippen molar-refractivity contribution >= 4 is 17.2 Å². The number of furan rings is 1. The average Bonchev–Trinajstić information content (AvgIpc) is 3.01. The summed E-state index contributed by atoms with van der Waals surface area (Å²) in [7, 11) is 0. The van der Waals surface area contributed by atoms with E-state index < -0.39 is 0 Å². The Morgan fingerprint density at radius 1 is 1.25 bits per heavy atom. The van der Waals surface area contributed by atoms with Crippen molar-refractivity contribution < 1.29 is 9.21 Å². The number of nitrogens with one attached hydrogen (secondary N) is 1. The van der Waals surface area contributed by atoms with E-state index in [-0.39, 0.29) is 17.7 Å². The van der Waals surface area contributed by atoms with Crippen molar-refractivity contribution in [3.63, 3.8) is 0 Å². The molecule has 1 aromatic carbocycles.